The lowest BCUT2D eigenvalue weighted by Crippen LogP contribution is -2.25. The molecule has 24 heavy (non-hydrogen) atoms. The number of aromatic nitrogens is 3. The normalized spacial score (nSPS) is 24.3. The molecule has 0 saturated heterocycles. The Hall–Kier alpha value is -2.63. The molecule has 1 saturated carbocycles. The van der Waals surface area contributed by atoms with Crippen molar-refractivity contribution in [2.75, 3.05) is 5.32 Å². The number of aromatic hydroxyl groups is 1. The molecule has 1 fully saturated rings. The summed E-state index contributed by atoms with van der Waals surface area (Å²) in [6, 6.07) is 4.27. The van der Waals surface area contributed by atoms with E-state index >= 15 is 0 Å². The van der Waals surface area contributed by atoms with Gasteiger partial charge in [0.1, 0.15) is 5.69 Å². The van der Waals surface area contributed by atoms with Crippen molar-refractivity contribution in [2.24, 2.45) is 10.9 Å². The molecule has 6 heteroatoms. The van der Waals surface area contributed by atoms with Gasteiger partial charge in [0.2, 0.25) is 11.8 Å². The lowest BCUT2D eigenvalue weighted by Gasteiger charge is -2.26. The Balaban J connectivity index is 1.52. The largest absolute Gasteiger partial charge is 0.492 e. The molecule has 0 amide bonds. The molecule has 2 aromatic heterocycles. The predicted molar refractivity (Wildman–Crippen MR) is 95.6 cm³/mol. The van der Waals surface area contributed by atoms with Crippen LogP contribution in [-0.2, 0) is 0 Å². The Kier molecular flexibility index (Phi) is 3.80. The third-order valence-corrected chi connectivity index (χ3v) is 4.79. The summed E-state index contributed by atoms with van der Waals surface area (Å²) in [7, 11) is 0. The number of imidazole rings is 1. The summed E-state index contributed by atoms with van der Waals surface area (Å²) in [5.41, 5.74) is 2.46. The monoisotopic (exact) mass is 323 g/mol. The minimum Gasteiger partial charge on any atom is -0.492 e. The molecule has 0 unspecified atom stereocenters. The van der Waals surface area contributed by atoms with Crippen LogP contribution in [0, 0.1) is 5.92 Å². The topological polar surface area (TPSA) is 86.2 Å². The summed E-state index contributed by atoms with van der Waals surface area (Å²) >= 11 is 0. The Bertz CT molecular complexity index is 799. The summed E-state index contributed by atoms with van der Waals surface area (Å²) in [6.45, 7) is 2.30. The molecule has 4 rings (SSSR count). The van der Waals surface area contributed by atoms with Crippen LogP contribution in [0.5, 0.6) is 5.88 Å². The second-order valence-electron chi connectivity index (χ2n) is 6.66. The standard InChI is InChI=1S/C18H21N5O/c1-11-4-6-13(7-5-11)21-18-22-15(17(24)23-18)9-12-10-20-16-14(12)3-2-8-19-16/h2-3,8-11,13,24H,4-7H2,1H3,(H2,21,22,23)/b12-9+. The Labute approximate surface area is 140 Å². The van der Waals surface area contributed by atoms with Gasteiger partial charge in [0.15, 0.2) is 5.82 Å². The second kappa shape index (κ2) is 6.11. The summed E-state index contributed by atoms with van der Waals surface area (Å²) in [6.07, 6.45) is 10.1. The molecule has 6 nitrogen and oxygen atoms in total. The van der Waals surface area contributed by atoms with Crippen LogP contribution in [-0.4, -0.2) is 32.3 Å². The SMILES string of the molecule is CC1CCC(Nc2nc(O)c(/C=C3\C=Nc4ncccc43)[nH]2)CC1. The number of aliphatic imine (C=N–C) groups is 1. The zero-order chi connectivity index (χ0) is 16.5. The number of H-pyrrole nitrogens is 1. The van der Waals surface area contributed by atoms with E-state index < -0.39 is 0 Å². The fourth-order valence-electron chi connectivity index (χ4n) is 3.34. The van der Waals surface area contributed by atoms with Crippen molar-refractivity contribution in [3.63, 3.8) is 0 Å². The van der Waals surface area contributed by atoms with Gasteiger partial charge in [0, 0.05) is 29.6 Å². The van der Waals surface area contributed by atoms with E-state index in [2.05, 4.69) is 32.2 Å². The summed E-state index contributed by atoms with van der Waals surface area (Å²) < 4.78 is 0. The van der Waals surface area contributed by atoms with Crippen LogP contribution in [0.1, 0.15) is 43.9 Å². The van der Waals surface area contributed by atoms with Crippen LogP contribution in [0.4, 0.5) is 11.8 Å². The van der Waals surface area contributed by atoms with Crippen molar-refractivity contribution in [1.29, 1.82) is 0 Å². The number of aromatic amines is 1. The number of nitrogens with zero attached hydrogens (tertiary/aromatic N) is 3. The quantitative estimate of drug-likeness (QED) is 0.803. The molecule has 1 aliphatic carbocycles. The fraction of sp³-hybridized carbons (Fsp3) is 0.389. The lowest BCUT2D eigenvalue weighted by atomic mass is 9.87. The third kappa shape index (κ3) is 2.91. The zero-order valence-electron chi connectivity index (χ0n) is 13.7. The lowest BCUT2D eigenvalue weighted by molar-refractivity contribution is 0.360. The van der Waals surface area contributed by atoms with Crippen LogP contribution >= 0.6 is 0 Å². The van der Waals surface area contributed by atoms with Crippen molar-refractivity contribution in [2.45, 2.75) is 38.6 Å². The van der Waals surface area contributed by atoms with Gasteiger partial charge in [-0.05, 0) is 49.8 Å². The van der Waals surface area contributed by atoms with Crippen molar-refractivity contribution in [3.05, 3.63) is 29.6 Å². The summed E-state index contributed by atoms with van der Waals surface area (Å²) in [5, 5.41) is 13.5. The second-order valence-corrected chi connectivity index (χ2v) is 6.66. The number of fused-ring (bicyclic) bond motifs is 1. The van der Waals surface area contributed by atoms with Gasteiger partial charge in [0.05, 0.1) is 0 Å². The first-order valence-corrected chi connectivity index (χ1v) is 8.45. The zero-order valence-corrected chi connectivity index (χ0v) is 13.7. The van der Waals surface area contributed by atoms with Gasteiger partial charge in [-0.2, -0.15) is 4.98 Å². The first-order valence-electron chi connectivity index (χ1n) is 8.45. The number of allylic oxidation sites excluding steroid dienone is 1. The Morgan fingerprint density at radius 1 is 1.29 bits per heavy atom. The molecule has 0 bridgehead atoms. The fourth-order valence-corrected chi connectivity index (χ4v) is 3.34. The van der Waals surface area contributed by atoms with Crippen LogP contribution in [0.2, 0.25) is 0 Å². The number of anilines is 1. The van der Waals surface area contributed by atoms with E-state index in [1.165, 1.54) is 12.8 Å². The van der Waals surface area contributed by atoms with E-state index in [1.54, 1.807) is 12.4 Å². The molecule has 0 spiro atoms. The van der Waals surface area contributed by atoms with Crippen molar-refractivity contribution < 1.29 is 5.11 Å². The maximum Gasteiger partial charge on any atom is 0.238 e. The molecular formula is C18H21N5O. The van der Waals surface area contributed by atoms with Gasteiger partial charge < -0.3 is 15.4 Å². The van der Waals surface area contributed by atoms with Gasteiger partial charge in [-0.15, -0.1) is 0 Å². The smallest absolute Gasteiger partial charge is 0.238 e. The molecule has 2 aliphatic rings. The highest BCUT2D eigenvalue weighted by atomic mass is 16.3. The highest BCUT2D eigenvalue weighted by Gasteiger charge is 2.20. The number of rotatable bonds is 3. The van der Waals surface area contributed by atoms with Crippen LogP contribution < -0.4 is 5.32 Å². The number of nitrogens with one attached hydrogen (secondary N) is 2. The summed E-state index contributed by atoms with van der Waals surface area (Å²) in [4.78, 5) is 15.9. The molecular weight excluding hydrogens is 302 g/mol. The molecule has 124 valence electrons. The maximum atomic E-state index is 10.1. The highest BCUT2D eigenvalue weighted by molar-refractivity contribution is 6.20. The maximum absolute atomic E-state index is 10.1. The average molecular weight is 323 g/mol. The van der Waals surface area contributed by atoms with E-state index in [4.69, 9.17) is 0 Å². The van der Waals surface area contributed by atoms with Crippen molar-refractivity contribution >= 4 is 29.6 Å². The van der Waals surface area contributed by atoms with Crippen LogP contribution in [0.25, 0.3) is 11.6 Å². The first kappa shape index (κ1) is 14.9. The van der Waals surface area contributed by atoms with Gasteiger partial charge in [-0.25, -0.2) is 9.98 Å². The van der Waals surface area contributed by atoms with E-state index in [0.717, 1.165) is 29.9 Å². The van der Waals surface area contributed by atoms with E-state index in [1.807, 2.05) is 18.2 Å². The number of pyridine rings is 1. The Morgan fingerprint density at radius 3 is 2.96 bits per heavy atom. The van der Waals surface area contributed by atoms with E-state index in [9.17, 15) is 5.11 Å². The highest BCUT2D eigenvalue weighted by Crippen LogP contribution is 2.32. The minimum absolute atomic E-state index is 0.0000761. The average Bonchev–Trinajstić information content (AvgIpc) is 3.14. The number of hydrogen-bond donors (Lipinski definition) is 3. The van der Waals surface area contributed by atoms with E-state index in [0.29, 0.717) is 23.5 Å². The molecule has 0 atom stereocenters. The Morgan fingerprint density at radius 2 is 2.12 bits per heavy atom. The van der Waals surface area contributed by atoms with Crippen molar-refractivity contribution in [3.8, 4) is 5.88 Å². The van der Waals surface area contributed by atoms with Gasteiger partial charge in [-0.3, -0.25) is 0 Å². The molecule has 1 aliphatic heterocycles. The summed E-state index contributed by atoms with van der Waals surface area (Å²) in [5.74, 6) is 2.14. The van der Waals surface area contributed by atoms with Gasteiger partial charge in [-0.1, -0.05) is 6.92 Å². The molecule has 0 aromatic carbocycles. The van der Waals surface area contributed by atoms with E-state index in [-0.39, 0.29) is 5.88 Å². The number of hydrogen-bond acceptors (Lipinski definition) is 5. The third-order valence-electron chi connectivity index (χ3n) is 4.79. The van der Waals surface area contributed by atoms with Gasteiger partial charge >= 0.3 is 0 Å². The van der Waals surface area contributed by atoms with Gasteiger partial charge in [0.25, 0.3) is 0 Å². The molecule has 3 heterocycles. The minimum atomic E-state index is -0.0000761. The predicted octanol–water partition coefficient (Wildman–Crippen LogP) is 3.76. The molecule has 0 radical (unpaired) electrons. The first-order chi connectivity index (χ1) is 11.7. The molecule has 2 aromatic rings. The van der Waals surface area contributed by atoms with Crippen molar-refractivity contribution in [1.82, 2.24) is 15.0 Å². The van der Waals surface area contributed by atoms with Crippen LogP contribution in [0.15, 0.2) is 23.3 Å². The molecule has 3 N–H and O–H groups in total. The van der Waals surface area contributed by atoms with Crippen LogP contribution in [0.3, 0.4) is 0 Å².